The largest absolute Gasteiger partial charge is 0.0836 e. The van der Waals surface area contributed by atoms with Gasteiger partial charge in [0.25, 0.3) is 0 Å². The first-order chi connectivity index (χ1) is 13.7. The van der Waals surface area contributed by atoms with Gasteiger partial charge >= 0.3 is 0 Å². The molecule has 0 heterocycles. The zero-order chi connectivity index (χ0) is 19.6. The summed E-state index contributed by atoms with van der Waals surface area (Å²) in [5, 5.41) is 0. The highest BCUT2D eigenvalue weighted by molar-refractivity contribution is 5.42. The molecule has 0 aromatic rings. The van der Waals surface area contributed by atoms with Crippen LogP contribution in [0.1, 0.15) is 117 Å². The van der Waals surface area contributed by atoms with Gasteiger partial charge in [0.05, 0.1) is 0 Å². The van der Waals surface area contributed by atoms with Gasteiger partial charge < -0.3 is 0 Å². The second-order valence-corrected chi connectivity index (χ2v) is 10.3. The summed E-state index contributed by atoms with van der Waals surface area (Å²) in [6.45, 7) is 4.70. The van der Waals surface area contributed by atoms with Crippen LogP contribution in [-0.4, -0.2) is 0 Å². The summed E-state index contributed by atoms with van der Waals surface area (Å²) in [5.74, 6) is 4.12. The topological polar surface area (TPSA) is 0 Å². The SMILES string of the molecule is CC/C=C1/C=CCC/C1=C/CCC1CCCC(CCCC2CCC(C)CC2)C1. The van der Waals surface area contributed by atoms with Gasteiger partial charge in [0.2, 0.25) is 0 Å². The lowest BCUT2D eigenvalue weighted by molar-refractivity contribution is 0.225. The van der Waals surface area contributed by atoms with E-state index in [1.54, 1.807) is 5.57 Å². The van der Waals surface area contributed by atoms with Crippen LogP contribution in [0.15, 0.2) is 35.5 Å². The van der Waals surface area contributed by atoms with Crippen molar-refractivity contribution in [1.29, 1.82) is 0 Å². The van der Waals surface area contributed by atoms with Crippen LogP contribution in [0.2, 0.25) is 0 Å². The second-order valence-electron chi connectivity index (χ2n) is 10.3. The molecule has 2 fully saturated rings. The molecule has 0 spiro atoms. The summed E-state index contributed by atoms with van der Waals surface area (Å²) in [5.41, 5.74) is 3.13. The second kappa shape index (κ2) is 12.0. The quantitative estimate of drug-likeness (QED) is 0.392. The maximum atomic E-state index is 2.58. The standard InChI is InChI=1S/C28H46/c1-3-9-27-15-4-5-16-28(27)17-8-14-26-13-7-12-25(22-26)11-6-10-24-20-18-23(2)19-21-24/h4,9,15,17,23-26H,3,5-8,10-14,16,18-22H2,1-2H3/b27-9-,28-17-. The Morgan fingerprint density at radius 1 is 0.893 bits per heavy atom. The molecule has 0 nitrogen and oxygen atoms in total. The molecule has 0 aliphatic heterocycles. The van der Waals surface area contributed by atoms with Crippen molar-refractivity contribution in [2.24, 2.45) is 23.7 Å². The lowest BCUT2D eigenvalue weighted by Crippen LogP contribution is -2.16. The van der Waals surface area contributed by atoms with Crippen molar-refractivity contribution in [2.45, 2.75) is 117 Å². The van der Waals surface area contributed by atoms with E-state index in [4.69, 9.17) is 0 Å². The fourth-order valence-corrected chi connectivity index (χ4v) is 6.07. The number of rotatable bonds is 8. The van der Waals surface area contributed by atoms with Gasteiger partial charge in [-0.05, 0) is 73.3 Å². The Hall–Kier alpha value is -0.780. The van der Waals surface area contributed by atoms with E-state index in [1.165, 1.54) is 102 Å². The molecule has 3 rings (SSSR count). The van der Waals surface area contributed by atoms with Gasteiger partial charge in [0, 0.05) is 0 Å². The van der Waals surface area contributed by atoms with E-state index in [9.17, 15) is 0 Å². The molecule has 28 heavy (non-hydrogen) atoms. The molecule has 0 radical (unpaired) electrons. The number of allylic oxidation sites excluding steroid dienone is 6. The van der Waals surface area contributed by atoms with Gasteiger partial charge in [-0.3, -0.25) is 0 Å². The summed E-state index contributed by atoms with van der Waals surface area (Å²) < 4.78 is 0. The van der Waals surface area contributed by atoms with E-state index in [2.05, 4.69) is 38.2 Å². The summed E-state index contributed by atoms with van der Waals surface area (Å²) in [4.78, 5) is 0. The Bertz CT molecular complexity index is 526. The highest BCUT2D eigenvalue weighted by Crippen LogP contribution is 2.37. The fraction of sp³-hybridized carbons (Fsp3) is 0.786. The van der Waals surface area contributed by atoms with Gasteiger partial charge in [-0.2, -0.15) is 0 Å². The van der Waals surface area contributed by atoms with Crippen molar-refractivity contribution >= 4 is 0 Å². The zero-order valence-corrected chi connectivity index (χ0v) is 18.9. The monoisotopic (exact) mass is 382 g/mol. The molecule has 0 aromatic heterocycles. The van der Waals surface area contributed by atoms with Crippen LogP contribution in [0.4, 0.5) is 0 Å². The van der Waals surface area contributed by atoms with Gasteiger partial charge in [-0.25, -0.2) is 0 Å². The van der Waals surface area contributed by atoms with Gasteiger partial charge in [-0.1, -0.05) is 102 Å². The van der Waals surface area contributed by atoms with Gasteiger partial charge in [-0.15, -0.1) is 0 Å². The first-order valence-corrected chi connectivity index (χ1v) is 12.8. The van der Waals surface area contributed by atoms with Gasteiger partial charge in [0.1, 0.15) is 0 Å². The third kappa shape index (κ3) is 7.23. The first kappa shape index (κ1) is 21.9. The Balaban J connectivity index is 1.35. The maximum Gasteiger partial charge on any atom is -0.0241 e. The van der Waals surface area contributed by atoms with Crippen LogP contribution >= 0.6 is 0 Å². The van der Waals surface area contributed by atoms with Crippen molar-refractivity contribution < 1.29 is 0 Å². The highest BCUT2D eigenvalue weighted by Gasteiger charge is 2.23. The van der Waals surface area contributed by atoms with E-state index in [0.29, 0.717) is 0 Å². The molecule has 3 aliphatic carbocycles. The average Bonchev–Trinajstić information content (AvgIpc) is 2.71. The summed E-state index contributed by atoms with van der Waals surface area (Å²) >= 11 is 0. The third-order valence-corrected chi connectivity index (χ3v) is 7.89. The summed E-state index contributed by atoms with van der Waals surface area (Å²) in [7, 11) is 0. The van der Waals surface area contributed by atoms with Crippen LogP contribution in [0.25, 0.3) is 0 Å². The van der Waals surface area contributed by atoms with E-state index >= 15 is 0 Å². The Labute approximate surface area is 176 Å². The first-order valence-electron chi connectivity index (χ1n) is 12.8. The zero-order valence-electron chi connectivity index (χ0n) is 18.9. The van der Waals surface area contributed by atoms with Crippen molar-refractivity contribution in [3.63, 3.8) is 0 Å². The molecule has 2 saturated carbocycles. The summed E-state index contributed by atoms with van der Waals surface area (Å²) in [6, 6.07) is 0. The van der Waals surface area contributed by atoms with Crippen LogP contribution in [0.3, 0.4) is 0 Å². The molecule has 0 aromatic carbocycles. The van der Waals surface area contributed by atoms with E-state index in [1.807, 2.05) is 0 Å². The molecule has 0 saturated heterocycles. The normalized spacial score (nSPS) is 34.2. The van der Waals surface area contributed by atoms with Gasteiger partial charge in [0.15, 0.2) is 0 Å². The molecule has 0 N–H and O–H groups in total. The Morgan fingerprint density at radius 2 is 1.64 bits per heavy atom. The molecular weight excluding hydrogens is 336 g/mol. The van der Waals surface area contributed by atoms with E-state index < -0.39 is 0 Å². The third-order valence-electron chi connectivity index (χ3n) is 7.89. The van der Waals surface area contributed by atoms with Crippen LogP contribution in [0, 0.1) is 23.7 Å². The fourth-order valence-electron chi connectivity index (χ4n) is 6.07. The average molecular weight is 383 g/mol. The minimum atomic E-state index is 1.00. The van der Waals surface area contributed by atoms with Crippen molar-refractivity contribution in [1.82, 2.24) is 0 Å². The predicted octanol–water partition coefficient (Wildman–Crippen LogP) is 9.18. The summed E-state index contributed by atoms with van der Waals surface area (Å²) in [6.07, 6.45) is 32.7. The lowest BCUT2D eigenvalue weighted by atomic mass is 9.76. The van der Waals surface area contributed by atoms with Crippen molar-refractivity contribution in [3.8, 4) is 0 Å². The minimum absolute atomic E-state index is 1.00. The van der Waals surface area contributed by atoms with E-state index in [0.717, 1.165) is 30.1 Å². The molecular formula is C28H46. The highest BCUT2D eigenvalue weighted by atomic mass is 14.3. The smallest absolute Gasteiger partial charge is 0.0241 e. The number of hydrogen-bond donors (Lipinski definition) is 0. The molecule has 2 atom stereocenters. The van der Waals surface area contributed by atoms with Crippen LogP contribution < -0.4 is 0 Å². The Kier molecular flexibility index (Phi) is 9.42. The predicted molar refractivity (Wildman–Crippen MR) is 124 cm³/mol. The molecule has 0 bridgehead atoms. The Morgan fingerprint density at radius 3 is 2.43 bits per heavy atom. The molecule has 3 aliphatic rings. The maximum absolute atomic E-state index is 2.58. The molecule has 0 heteroatoms. The molecule has 2 unspecified atom stereocenters. The minimum Gasteiger partial charge on any atom is -0.0836 e. The number of hydrogen-bond acceptors (Lipinski definition) is 0. The lowest BCUT2D eigenvalue weighted by Gasteiger charge is -2.30. The molecule has 0 amide bonds. The molecule has 158 valence electrons. The van der Waals surface area contributed by atoms with Crippen molar-refractivity contribution in [2.75, 3.05) is 0 Å². The van der Waals surface area contributed by atoms with Crippen molar-refractivity contribution in [3.05, 3.63) is 35.5 Å². The van der Waals surface area contributed by atoms with E-state index in [-0.39, 0.29) is 0 Å². The van der Waals surface area contributed by atoms with Crippen LogP contribution in [-0.2, 0) is 0 Å². The van der Waals surface area contributed by atoms with Crippen LogP contribution in [0.5, 0.6) is 0 Å².